The number of aromatic nitrogens is 3. The molecule has 0 radical (unpaired) electrons. The molecule has 0 aliphatic carbocycles. The Labute approximate surface area is 203 Å². The molecule has 0 fully saturated rings. The molecule has 164 valence electrons. The van der Waals surface area contributed by atoms with Gasteiger partial charge in [0, 0.05) is 0 Å². The summed E-state index contributed by atoms with van der Waals surface area (Å²) in [5, 5.41) is 6.93. The van der Waals surface area contributed by atoms with Crippen molar-refractivity contribution in [1.29, 1.82) is 0 Å². The van der Waals surface area contributed by atoms with Gasteiger partial charge in [0.2, 0.25) is 0 Å². The molecule has 0 N–H and O–H groups in total. The van der Waals surface area contributed by atoms with Crippen LogP contribution in [-0.2, 0) is 5.54 Å². The van der Waals surface area contributed by atoms with Crippen LogP contribution >= 0.6 is 11.6 Å². The van der Waals surface area contributed by atoms with Gasteiger partial charge >= 0.3 is 205 Å². The number of rotatable bonds is 5. The summed E-state index contributed by atoms with van der Waals surface area (Å²) < 4.78 is 3.34. The van der Waals surface area contributed by atoms with Gasteiger partial charge in [0.15, 0.2) is 0 Å². The summed E-state index contributed by atoms with van der Waals surface area (Å²) in [7, 11) is 0. The Morgan fingerprint density at radius 1 is 0.697 bits per heavy atom. The van der Waals surface area contributed by atoms with E-state index in [1.54, 1.807) is 6.20 Å². The molecule has 5 heteroatoms. The summed E-state index contributed by atoms with van der Waals surface area (Å²) >= 11 is 4.06. The van der Waals surface area contributed by atoms with E-state index in [1.807, 2.05) is 0 Å². The van der Waals surface area contributed by atoms with Gasteiger partial charge in [-0.1, -0.05) is 0 Å². The molecule has 2 aromatic heterocycles. The van der Waals surface area contributed by atoms with Gasteiger partial charge in [-0.05, 0) is 0 Å². The van der Waals surface area contributed by atoms with Crippen molar-refractivity contribution in [3.05, 3.63) is 125 Å². The summed E-state index contributed by atoms with van der Waals surface area (Å²) in [4.78, 5) is 11.6. The number of pyridine rings is 1. The zero-order valence-electron chi connectivity index (χ0n) is 19.0. The number of fused-ring (bicyclic) bond motifs is 1. The van der Waals surface area contributed by atoms with Gasteiger partial charge in [0.05, 0.1) is 0 Å². The van der Waals surface area contributed by atoms with Crippen LogP contribution in [0.4, 0.5) is 0 Å². The molecule has 0 amide bonds. The van der Waals surface area contributed by atoms with Crippen molar-refractivity contribution in [2.75, 3.05) is 0 Å². The van der Waals surface area contributed by atoms with Crippen LogP contribution in [0.15, 0.2) is 103 Å². The van der Waals surface area contributed by atoms with E-state index in [0.717, 1.165) is 31.3 Å². The first-order valence-electron chi connectivity index (χ1n) is 11.1. The fourth-order valence-electron chi connectivity index (χ4n) is 4.71. The first kappa shape index (κ1) is 22.2. The summed E-state index contributed by atoms with van der Waals surface area (Å²) in [6, 6.07) is 34.0. The van der Waals surface area contributed by atoms with E-state index in [1.165, 1.54) is 0 Å². The monoisotopic (exact) mass is 559 g/mol. The summed E-state index contributed by atoms with van der Waals surface area (Å²) in [5.41, 5.74) is 3.79. The average Bonchev–Trinajstić information content (AvgIpc) is 3.24. The number of hydrogen-bond donors (Lipinski definition) is 0. The molecular weight excluding hydrogens is 532 g/mol. The Bertz CT molecular complexity index is 1290. The van der Waals surface area contributed by atoms with Gasteiger partial charge < -0.3 is 0 Å². The molecule has 5 rings (SSSR count). The maximum atomic E-state index is 6.74. The van der Waals surface area contributed by atoms with Crippen LogP contribution in [0, 0.1) is 0 Å². The fourth-order valence-corrected chi connectivity index (χ4v) is 9.17. The average molecular weight is 559 g/mol. The number of halogens is 1. The van der Waals surface area contributed by atoms with Crippen molar-refractivity contribution < 1.29 is 0 Å². The van der Waals surface area contributed by atoms with E-state index in [9.17, 15) is 0 Å². The summed E-state index contributed by atoms with van der Waals surface area (Å²) in [6.07, 6.45) is 1.79. The Hall–Kier alpha value is -2.63. The summed E-state index contributed by atoms with van der Waals surface area (Å²) in [6.45, 7) is 0. The molecule has 0 aliphatic rings. The third-order valence-electron chi connectivity index (χ3n) is 6.15. The van der Waals surface area contributed by atoms with Crippen molar-refractivity contribution in [3.63, 3.8) is 0 Å². The van der Waals surface area contributed by atoms with E-state index in [-0.39, 0.29) is 0 Å². The maximum absolute atomic E-state index is 6.74. The van der Waals surface area contributed by atoms with Crippen LogP contribution in [0.3, 0.4) is 0 Å². The standard InChI is InChI=1S/C25H17ClN3.3CH3.Sn/c26-24-22-18-28-29(23(22)16-17-27-24)25(19-10-4-1-5-11-19,20-12-6-2-7-13-20)21-14-8-3-9-15-21;;;;/h1-17H;3*1H3;. The van der Waals surface area contributed by atoms with Crippen molar-refractivity contribution in [1.82, 2.24) is 14.8 Å². The van der Waals surface area contributed by atoms with Crippen molar-refractivity contribution in [3.8, 4) is 0 Å². The third kappa shape index (κ3) is 3.68. The second-order valence-electron chi connectivity index (χ2n) is 9.31. The molecule has 0 unspecified atom stereocenters. The third-order valence-corrected chi connectivity index (χ3v) is 11.5. The molecule has 0 bridgehead atoms. The van der Waals surface area contributed by atoms with Crippen molar-refractivity contribution in [2.45, 2.75) is 20.4 Å². The zero-order valence-corrected chi connectivity index (χ0v) is 22.6. The Morgan fingerprint density at radius 3 is 1.58 bits per heavy atom. The first-order valence-corrected chi connectivity index (χ1v) is 21.5. The van der Waals surface area contributed by atoms with Gasteiger partial charge in [0.1, 0.15) is 0 Å². The van der Waals surface area contributed by atoms with Crippen LogP contribution in [0.2, 0.25) is 20.0 Å². The quantitative estimate of drug-likeness (QED) is 0.141. The molecule has 0 saturated carbocycles. The van der Waals surface area contributed by atoms with Gasteiger partial charge in [0.25, 0.3) is 0 Å². The van der Waals surface area contributed by atoms with E-state index in [0.29, 0.717) is 5.15 Å². The van der Waals surface area contributed by atoms with Gasteiger partial charge in [-0.2, -0.15) is 0 Å². The van der Waals surface area contributed by atoms with Gasteiger partial charge in [-0.25, -0.2) is 0 Å². The predicted molar refractivity (Wildman–Crippen MR) is 140 cm³/mol. The second-order valence-corrected chi connectivity index (χ2v) is 23.9. The Morgan fingerprint density at radius 2 is 1.15 bits per heavy atom. The SMILES string of the molecule is [CH3][Sn]([CH3])([CH3])[c]1nn(C(c2ccccc2)(c2ccccc2)c2ccccc2)c2ccnc(Cl)c12. The molecule has 0 aliphatic heterocycles. The van der Waals surface area contributed by atoms with Crippen LogP contribution in [0.5, 0.6) is 0 Å². The molecule has 3 aromatic carbocycles. The van der Waals surface area contributed by atoms with E-state index >= 15 is 0 Å². The number of nitrogens with zero attached hydrogens (tertiary/aromatic N) is 3. The van der Waals surface area contributed by atoms with Gasteiger partial charge in [-0.15, -0.1) is 0 Å². The van der Waals surface area contributed by atoms with Crippen LogP contribution in [0.1, 0.15) is 16.7 Å². The molecule has 33 heavy (non-hydrogen) atoms. The van der Waals surface area contributed by atoms with E-state index in [2.05, 4.69) is 122 Å². The Balaban J connectivity index is 2.02. The molecule has 3 nitrogen and oxygen atoms in total. The molecule has 2 heterocycles. The van der Waals surface area contributed by atoms with Gasteiger partial charge in [-0.3, -0.25) is 0 Å². The summed E-state index contributed by atoms with van der Waals surface area (Å²) in [5.74, 6) is 0. The normalized spacial score (nSPS) is 12.2. The van der Waals surface area contributed by atoms with Crippen molar-refractivity contribution >= 4 is 44.6 Å². The Kier molecular flexibility index (Phi) is 5.79. The topological polar surface area (TPSA) is 30.7 Å². The minimum atomic E-state index is -2.68. The predicted octanol–water partition coefficient (Wildman–Crippen LogP) is 6.47. The van der Waals surface area contributed by atoms with E-state index < -0.39 is 23.9 Å². The van der Waals surface area contributed by atoms with Crippen LogP contribution in [-0.4, -0.2) is 33.1 Å². The van der Waals surface area contributed by atoms with Crippen LogP contribution in [0.25, 0.3) is 10.9 Å². The molecular formula is C28H26ClN3Sn. The van der Waals surface area contributed by atoms with Crippen LogP contribution < -0.4 is 3.71 Å². The molecule has 0 spiro atoms. The van der Waals surface area contributed by atoms with E-state index in [4.69, 9.17) is 16.7 Å². The molecule has 5 aromatic rings. The molecule has 0 saturated heterocycles. The molecule has 0 atom stereocenters. The first-order chi connectivity index (χ1) is 15.9. The zero-order chi connectivity index (χ0) is 23.1. The second kappa shape index (κ2) is 8.62. The minimum absolute atomic E-state index is 0.531. The van der Waals surface area contributed by atoms with Crippen molar-refractivity contribution in [2.24, 2.45) is 0 Å². The number of hydrogen-bond acceptors (Lipinski definition) is 2. The number of benzene rings is 3. The fraction of sp³-hybridized carbons (Fsp3) is 0.143.